The Morgan fingerprint density at radius 2 is 1.38 bits per heavy atom. The van der Waals surface area contributed by atoms with E-state index in [1.54, 1.807) is 65.8 Å². The first-order chi connectivity index (χ1) is 14.8. The number of benzene rings is 1. The van der Waals surface area contributed by atoms with Gasteiger partial charge in [0.25, 0.3) is 11.8 Å². The Morgan fingerprint density at radius 3 is 1.88 bits per heavy atom. The maximum absolute atomic E-state index is 12.9. The fourth-order valence-electron chi connectivity index (χ4n) is 3.68. The number of hydrogen-bond acceptors (Lipinski definition) is 6. The Morgan fingerprint density at radius 1 is 0.875 bits per heavy atom. The number of carbonyl (C=O) groups excluding carboxylic acids is 4. The minimum atomic E-state index is -0.709. The Labute approximate surface area is 188 Å². The third kappa shape index (κ3) is 5.20. The molecule has 0 aliphatic carbocycles. The van der Waals surface area contributed by atoms with Crippen LogP contribution in [0.15, 0.2) is 24.3 Å². The predicted octanol–water partition coefficient (Wildman–Crippen LogP) is 3.14. The summed E-state index contributed by atoms with van der Waals surface area (Å²) in [6.07, 6.45) is -1.06. The lowest BCUT2D eigenvalue weighted by atomic mass is 10.1. The number of amides is 4. The summed E-state index contributed by atoms with van der Waals surface area (Å²) >= 11 is 0. The number of carbonyl (C=O) groups is 4. The highest BCUT2D eigenvalue weighted by Crippen LogP contribution is 2.25. The number of hydrogen-bond donors (Lipinski definition) is 0. The highest BCUT2D eigenvalue weighted by molar-refractivity contribution is 6.21. The molecule has 1 aromatic rings. The van der Waals surface area contributed by atoms with Crippen molar-refractivity contribution in [3.05, 3.63) is 35.4 Å². The van der Waals surface area contributed by atoms with Gasteiger partial charge in [-0.05, 0) is 53.7 Å². The summed E-state index contributed by atoms with van der Waals surface area (Å²) in [7, 11) is 0. The van der Waals surface area contributed by atoms with Crippen LogP contribution in [0.5, 0.6) is 0 Å². The lowest BCUT2D eigenvalue weighted by Crippen LogP contribution is -2.61. The van der Waals surface area contributed by atoms with Crippen molar-refractivity contribution in [1.29, 1.82) is 0 Å². The number of rotatable bonds is 2. The van der Waals surface area contributed by atoms with Crippen molar-refractivity contribution in [2.24, 2.45) is 0 Å². The molecule has 0 radical (unpaired) electrons. The van der Waals surface area contributed by atoms with Gasteiger partial charge in [-0.25, -0.2) is 9.59 Å². The zero-order chi connectivity index (χ0) is 23.8. The van der Waals surface area contributed by atoms with Crippen LogP contribution in [0.2, 0.25) is 0 Å². The highest BCUT2D eigenvalue weighted by Gasteiger charge is 2.42. The summed E-state index contributed by atoms with van der Waals surface area (Å²) in [6, 6.07) is 5.98. The topological polar surface area (TPSA) is 96.5 Å². The zero-order valence-electron chi connectivity index (χ0n) is 19.5. The van der Waals surface area contributed by atoms with Crippen LogP contribution in [-0.4, -0.2) is 82.1 Å². The number of piperazine rings is 1. The number of nitrogens with zero attached hydrogens (tertiary/aromatic N) is 3. The van der Waals surface area contributed by atoms with Crippen LogP contribution < -0.4 is 0 Å². The average Bonchev–Trinajstić information content (AvgIpc) is 2.90. The predicted molar refractivity (Wildman–Crippen MR) is 116 cm³/mol. The van der Waals surface area contributed by atoms with E-state index in [1.807, 2.05) is 0 Å². The van der Waals surface area contributed by atoms with Gasteiger partial charge in [0.1, 0.15) is 11.2 Å². The molecule has 174 valence electrons. The molecule has 0 unspecified atom stereocenters. The van der Waals surface area contributed by atoms with E-state index in [4.69, 9.17) is 9.47 Å². The molecule has 0 saturated carbocycles. The monoisotopic (exact) mass is 445 g/mol. The standard InChI is InChI=1S/C23H31N3O6/c1-22(2,3)31-20(29)24-11-12-25(21(30)32-23(4,5)6)15(13-24)14-26-18(27)16-9-7-8-10-17(16)19(26)28/h7-10,15H,11-14H2,1-6H3/t15-/m0/s1. The van der Waals surface area contributed by atoms with Crippen molar-refractivity contribution in [2.45, 2.75) is 58.8 Å². The van der Waals surface area contributed by atoms with Crippen LogP contribution in [0.3, 0.4) is 0 Å². The summed E-state index contributed by atoms with van der Waals surface area (Å²) in [6.45, 7) is 11.1. The minimum Gasteiger partial charge on any atom is -0.444 e. The van der Waals surface area contributed by atoms with Crippen LogP contribution in [0.1, 0.15) is 62.3 Å². The highest BCUT2D eigenvalue weighted by atomic mass is 16.6. The summed E-state index contributed by atoms with van der Waals surface area (Å²) in [5, 5.41) is 0. The smallest absolute Gasteiger partial charge is 0.410 e. The van der Waals surface area contributed by atoms with E-state index >= 15 is 0 Å². The Kier molecular flexibility index (Phi) is 6.22. The van der Waals surface area contributed by atoms with Crippen LogP contribution in [0, 0.1) is 0 Å². The van der Waals surface area contributed by atoms with Gasteiger partial charge in [-0.1, -0.05) is 12.1 Å². The molecule has 2 heterocycles. The Hall–Kier alpha value is -3.10. The summed E-state index contributed by atoms with van der Waals surface area (Å²) < 4.78 is 11.0. The summed E-state index contributed by atoms with van der Waals surface area (Å²) in [5.41, 5.74) is -0.709. The van der Waals surface area contributed by atoms with E-state index in [2.05, 4.69) is 0 Å². The van der Waals surface area contributed by atoms with Crippen molar-refractivity contribution < 1.29 is 28.7 Å². The van der Waals surface area contributed by atoms with E-state index in [9.17, 15) is 19.2 Å². The Bertz CT molecular complexity index is 895. The molecular weight excluding hydrogens is 414 g/mol. The molecule has 9 nitrogen and oxygen atoms in total. The summed E-state index contributed by atoms with van der Waals surface area (Å²) in [5.74, 6) is -0.826. The fourth-order valence-corrected chi connectivity index (χ4v) is 3.68. The second-order valence-electron chi connectivity index (χ2n) is 10.0. The molecule has 3 rings (SSSR count). The van der Waals surface area contributed by atoms with Crippen molar-refractivity contribution in [1.82, 2.24) is 14.7 Å². The molecule has 0 aromatic heterocycles. The maximum Gasteiger partial charge on any atom is 0.410 e. The van der Waals surface area contributed by atoms with Crippen molar-refractivity contribution >= 4 is 24.0 Å². The van der Waals surface area contributed by atoms with Crippen molar-refractivity contribution in [3.63, 3.8) is 0 Å². The Balaban J connectivity index is 1.82. The van der Waals surface area contributed by atoms with E-state index in [-0.39, 0.29) is 26.2 Å². The fraction of sp³-hybridized carbons (Fsp3) is 0.565. The molecule has 2 aliphatic rings. The molecule has 0 N–H and O–H groups in total. The number of imide groups is 1. The van der Waals surface area contributed by atoms with Gasteiger partial charge >= 0.3 is 12.2 Å². The normalized spacial score (nSPS) is 19.2. The first-order valence-corrected chi connectivity index (χ1v) is 10.7. The molecular formula is C23H31N3O6. The quantitative estimate of drug-likeness (QED) is 0.649. The third-order valence-corrected chi connectivity index (χ3v) is 5.03. The van der Waals surface area contributed by atoms with Crippen LogP contribution >= 0.6 is 0 Å². The molecule has 2 aliphatic heterocycles. The lowest BCUT2D eigenvalue weighted by Gasteiger charge is -2.42. The van der Waals surface area contributed by atoms with Gasteiger partial charge in [0.2, 0.25) is 0 Å². The second kappa shape index (κ2) is 8.44. The van der Waals surface area contributed by atoms with Gasteiger partial charge in [-0.15, -0.1) is 0 Å². The average molecular weight is 446 g/mol. The zero-order valence-corrected chi connectivity index (χ0v) is 19.5. The van der Waals surface area contributed by atoms with Gasteiger partial charge in [-0.2, -0.15) is 0 Å². The molecule has 0 spiro atoms. The minimum absolute atomic E-state index is 0.0507. The first kappa shape index (κ1) is 23.6. The van der Waals surface area contributed by atoms with E-state index < -0.39 is 41.2 Å². The van der Waals surface area contributed by atoms with Gasteiger partial charge in [0, 0.05) is 19.6 Å². The largest absolute Gasteiger partial charge is 0.444 e. The van der Waals surface area contributed by atoms with Crippen LogP contribution in [0.25, 0.3) is 0 Å². The number of fused-ring (bicyclic) bond motifs is 1. The van der Waals surface area contributed by atoms with Crippen molar-refractivity contribution in [2.75, 3.05) is 26.2 Å². The first-order valence-electron chi connectivity index (χ1n) is 10.7. The molecule has 1 aromatic carbocycles. The number of ether oxygens (including phenoxy) is 2. The van der Waals surface area contributed by atoms with Crippen molar-refractivity contribution in [3.8, 4) is 0 Å². The molecule has 1 saturated heterocycles. The molecule has 1 atom stereocenters. The lowest BCUT2D eigenvalue weighted by molar-refractivity contribution is -0.0179. The maximum atomic E-state index is 12.9. The van der Waals surface area contributed by atoms with E-state index in [0.717, 1.165) is 4.90 Å². The third-order valence-electron chi connectivity index (χ3n) is 5.03. The SMILES string of the molecule is CC(C)(C)OC(=O)N1CCN(C(=O)OC(C)(C)C)[C@H](CN2C(=O)c3ccccc3C2=O)C1. The molecule has 32 heavy (non-hydrogen) atoms. The molecule has 4 amide bonds. The van der Waals surface area contributed by atoms with Gasteiger partial charge < -0.3 is 14.4 Å². The van der Waals surface area contributed by atoms with E-state index in [1.165, 1.54) is 9.80 Å². The van der Waals surface area contributed by atoms with Gasteiger partial charge in [0.15, 0.2) is 0 Å². The van der Waals surface area contributed by atoms with Crippen LogP contribution in [-0.2, 0) is 9.47 Å². The van der Waals surface area contributed by atoms with E-state index in [0.29, 0.717) is 11.1 Å². The summed E-state index contributed by atoms with van der Waals surface area (Å²) in [4.78, 5) is 55.3. The second-order valence-corrected chi connectivity index (χ2v) is 10.0. The molecule has 9 heteroatoms. The molecule has 1 fully saturated rings. The molecule has 0 bridgehead atoms. The van der Waals surface area contributed by atoms with Gasteiger partial charge in [0.05, 0.1) is 23.7 Å². The van der Waals surface area contributed by atoms with Crippen LogP contribution in [0.4, 0.5) is 9.59 Å². The van der Waals surface area contributed by atoms with Gasteiger partial charge in [-0.3, -0.25) is 19.4 Å².